The van der Waals surface area contributed by atoms with E-state index in [4.69, 9.17) is 5.10 Å². The number of nitrogens with zero attached hydrogens (tertiary/aromatic N) is 3. The van der Waals surface area contributed by atoms with Crippen LogP contribution in [-0.2, 0) is 6.54 Å². The largest absolute Gasteiger partial charge is 0.477 e. The predicted molar refractivity (Wildman–Crippen MR) is 112 cm³/mol. The van der Waals surface area contributed by atoms with Gasteiger partial charge in [-0.2, -0.15) is 5.10 Å². The molecule has 0 radical (unpaired) electrons. The molecule has 1 aliphatic heterocycles. The second-order valence-corrected chi connectivity index (χ2v) is 8.89. The lowest BCUT2D eigenvalue weighted by Gasteiger charge is -2.38. The van der Waals surface area contributed by atoms with E-state index in [1.54, 1.807) is 0 Å². The number of fused-ring (bicyclic) bond motifs is 3. The fourth-order valence-corrected chi connectivity index (χ4v) is 4.22. The van der Waals surface area contributed by atoms with Crippen LogP contribution < -0.4 is 5.43 Å². The Morgan fingerprint density at radius 1 is 1.14 bits per heavy atom. The highest BCUT2D eigenvalue weighted by Gasteiger charge is 2.34. The van der Waals surface area contributed by atoms with Gasteiger partial charge in [0.05, 0.1) is 29.7 Å². The molecule has 6 heteroatoms. The number of carboxylic acid groups (broad SMARTS) is 1. The molecule has 1 aliphatic rings. The first-order valence-corrected chi connectivity index (χ1v) is 9.72. The van der Waals surface area contributed by atoms with Crippen molar-refractivity contribution in [3.05, 3.63) is 63.4 Å². The Morgan fingerprint density at radius 2 is 1.79 bits per heavy atom. The second-order valence-electron chi connectivity index (χ2n) is 8.89. The third-order valence-electron chi connectivity index (χ3n) is 5.77. The van der Waals surface area contributed by atoms with Gasteiger partial charge >= 0.3 is 5.97 Å². The van der Waals surface area contributed by atoms with Crippen LogP contribution >= 0.6 is 0 Å². The van der Waals surface area contributed by atoms with Crippen LogP contribution in [0.25, 0.3) is 22.6 Å². The lowest BCUT2D eigenvalue weighted by Crippen LogP contribution is -2.35. The van der Waals surface area contributed by atoms with Gasteiger partial charge in [0.1, 0.15) is 5.56 Å². The Balaban J connectivity index is 1.98. The van der Waals surface area contributed by atoms with Crippen molar-refractivity contribution in [3.8, 4) is 22.6 Å². The molecular weight excluding hydrogens is 366 g/mol. The lowest BCUT2D eigenvalue weighted by molar-refractivity contribution is 0.0693. The summed E-state index contributed by atoms with van der Waals surface area (Å²) >= 11 is 0. The van der Waals surface area contributed by atoms with Crippen molar-refractivity contribution >= 4 is 5.97 Å². The first kappa shape index (κ1) is 19.2. The number of rotatable bonds is 2. The van der Waals surface area contributed by atoms with Crippen LogP contribution in [0.2, 0.25) is 0 Å². The smallest absolute Gasteiger partial charge is 0.341 e. The van der Waals surface area contributed by atoms with E-state index in [2.05, 4.69) is 46.8 Å². The van der Waals surface area contributed by atoms with Crippen molar-refractivity contribution in [1.82, 2.24) is 14.3 Å². The van der Waals surface area contributed by atoms with Crippen LogP contribution in [0.5, 0.6) is 0 Å². The topological polar surface area (TPSA) is 77.1 Å². The second kappa shape index (κ2) is 6.44. The number of hydrogen-bond donors (Lipinski definition) is 1. The molecule has 29 heavy (non-hydrogen) atoms. The number of aryl methyl sites for hydroxylation is 2. The molecule has 3 heterocycles. The van der Waals surface area contributed by atoms with Gasteiger partial charge in [-0.05, 0) is 36.5 Å². The molecule has 0 fully saturated rings. The molecule has 6 nitrogen and oxygen atoms in total. The summed E-state index contributed by atoms with van der Waals surface area (Å²) in [4.78, 5) is 24.0. The summed E-state index contributed by atoms with van der Waals surface area (Å²) in [5.41, 5.74) is 4.95. The summed E-state index contributed by atoms with van der Waals surface area (Å²) in [5.74, 6) is -1.20. The SMILES string of the molecule is Cc1cccc(C)c1-c1cc2n(n1)C[C@@H](C(C)(C)C)n1cc(C(=O)O)c(=O)cc1-2. The minimum atomic E-state index is -1.20. The van der Waals surface area contributed by atoms with Crippen LogP contribution in [-0.4, -0.2) is 25.4 Å². The van der Waals surface area contributed by atoms with Crippen LogP contribution in [0.1, 0.15) is 48.3 Å². The molecule has 0 bridgehead atoms. The van der Waals surface area contributed by atoms with E-state index in [9.17, 15) is 14.7 Å². The van der Waals surface area contributed by atoms with E-state index in [-0.39, 0.29) is 17.0 Å². The molecule has 0 spiro atoms. The summed E-state index contributed by atoms with van der Waals surface area (Å²) in [7, 11) is 0. The van der Waals surface area contributed by atoms with Crippen LogP contribution in [0.15, 0.2) is 41.3 Å². The number of benzene rings is 1. The maximum atomic E-state index is 12.5. The first-order valence-electron chi connectivity index (χ1n) is 9.72. The van der Waals surface area contributed by atoms with Crippen molar-refractivity contribution < 1.29 is 9.90 Å². The molecule has 0 aliphatic carbocycles. The monoisotopic (exact) mass is 391 g/mol. The Kier molecular flexibility index (Phi) is 4.26. The Hall–Kier alpha value is -3.15. The molecule has 0 saturated heterocycles. The molecule has 1 N–H and O–H groups in total. The quantitative estimate of drug-likeness (QED) is 0.707. The molecule has 4 rings (SSSR count). The summed E-state index contributed by atoms with van der Waals surface area (Å²) in [6, 6.07) is 9.56. The van der Waals surface area contributed by atoms with Crippen molar-refractivity contribution in [2.24, 2.45) is 5.41 Å². The number of aromatic nitrogens is 3. The average molecular weight is 391 g/mol. The molecule has 0 saturated carbocycles. The highest BCUT2D eigenvalue weighted by atomic mass is 16.4. The Labute approximate surface area is 169 Å². The zero-order valence-electron chi connectivity index (χ0n) is 17.4. The molecule has 150 valence electrons. The van der Waals surface area contributed by atoms with Crippen molar-refractivity contribution in [1.29, 1.82) is 0 Å². The van der Waals surface area contributed by atoms with E-state index in [0.29, 0.717) is 12.2 Å². The molecule has 3 aromatic rings. The third-order valence-corrected chi connectivity index (χ3v) is 5.77. The molecule has 1 atom stereocenters. The van der Waals surface area contributed by atoms with Gasteiger partial charge in [-0.15, -0.1) is 0 Å². The number of carboxylic acids is 1. The molecule has 2 aromatic heterocycles. The van der Waals surface area contributed by atoms with Crippen LogP contribution in [0.4, 0.5) is 0 Å². The van der Waals surface area contributed by atoms with Crippen LogP contribution in [0.3, 0.4) is 0 Å². The van der Waals surface area contributed by atoms with Gasteiger partial charge in [0.15, 0.2) is 5.43 Å². The first-order chi connectivity index (χ1) is 13.6. The van der Waals surface area contributed by atoms with E-state index in [1.165, 1.54) is 12.3 Å². The van der Waals surface area contributed by atoms with Crippen molar-refractivity contribution in [2.75, 3.05) is 0 Å². The van der Waals surface area contributed by atoms with Crippen molar-refractivity contribution in [3.63, 3.8) is 0 Å². The lowest BCUT2D eigenvalue weighted by atomic mass is 9.85. The normalized spacial score (nSPS) is 15.7. The molecule has 1 aromatic carbocycles. The third kappa shape index (κ3) is 3.09. The minimum Gasteiger partial charge on any atom is -0.477 e. The van der Waals surface area contributed by atoms with Crippen molar-refractivity contribution in [2.45, 2.75) is 47.2 Å². The minimum absolute atomic E-state index is 0.0329. The maximum Gasteiger partial charge on any atom is 0.341 e. The van der Waals surface area contributed by atoms with Gasteiger partial charge < -0.3 is 9.67 Å². The predicted octanol–water partition coefficient (Wildman–Crippen LogP) is 4.29. The maximum absolute atomic E-state index is 12.5. The average Bonchev–Trinajstić information content (AvgIpc) is 3.03. The standard InChI is InChI=1S/C23H25N3O3/c1-13-7-6-8-14(2)21(13)16-9-18-17-10-19(27)15(22(28)29)11-25(17)20(23(3,4)5)12-26(18)24-16/h6-11,20H,12H2,1-5H3,(H,28,29)/t20-/m0/s1. The molecule has 0 unspecified atom stereocenters. The molecule has 0 amide bonds. The van der Waals surface area contributed by atoms with Gasteiger partial charge in [0.2, 0.25) is 0 Å². The van der Waals surface area contributed by atoms with E-state index in [1.807, 2.05) is 21.4 Å². The fraction of sp³-hybridized carbons (Fsp3) is 0.348. The summed E-state index contributed by atoms with van der Waals surface area (Å²) in [6.45, 7) is 11.1. The highest BCUT2D eigenvalue weighted by Crippen LogP contribution is 2.41. The Bertz CT molecular complexity index is 1170. The van der Waals surface area contributed by atoms with E-state index >= 15 is 0 Å². The van der Waals surface area contributed by atoms with E-state index in [0.717, 1.165) is 28.1 Å². The highest BCUT2D eigenvalue weighted by molar-refractivity contribution is 5.87. The van der Waals surface area contributed by atoms with Gasteiger partial charge in [-0.25, -0.2) is 4.79 Å². The molecular formula is C23H25N3O3. The number of aromatic carboxylic acids is 1. The summed E-state index contributed by atoms with van der Waals surface area (Å²) in [5, 5.41) is 14.3. The number of pyridine rings is 1. The zero-order chi connectivity index (χ0) is 21.1. The summed E-state index contributed by atoms with van der Waals surface area (Å²) < 4.78 is 3.89. The Morgan fingerprint density at radius 3 is 2.38 bits per heavy atom. The summed E-state index contributed by atoms with van der Waals surface area (Å²) in [6.07, 6.45) is 1.49. The van der Waals surface area contributed by atoms with Gasteiger partial charge in [0.25, 0.3) is 0 Å². The zero-order valence-corrected chi connectivity index (χ0v) is 17.4. The van der Waals surface area contributed by atoms with Gasteiger partial charge in [-0.3, -0.25) is 9.48 Å². The van der Waals surface area contributed by atoms with Gasteiger partial charge in [0, 0.05) is 17.8 Å². The van der Waals surface area contributed by atoms with Crippen LogP contribution in [0, 0.1) is 19.3 Å². The number of hydrogen-bond acceptors (Lipinski definition) is 3. The van der Waals surface area contributed by atoms with E-state index < -0.39 is 11.4 Å². The number of carbonyl (C=O) groups is 1. The fourth-order valence-electron chi connectivity index (χ4n) is 4.22. The van der Waals surface area contributed by atoms with Gasteiger partial charge in [-0.1, -0.05) is 39.0 Å².